The van der Waals surface area contributed by atoms with Crippen molar-refractivity contribution in [1.82, 2.24) is 24.6 Å². The molecule has 3 aromatic rings. The fraction of sp³-hybridized carbons (Fsp3) is 0.577. The highest BCUT2D eigenvalue weighted by atomic mass is 35.5. The van der Waals surface area contributed by atoms with Crippen LogP contribution in [0.1, 0.15) is 59.3 Å². The minimum Gasteiger partial charge on any atom is -0.444 e. The topological polar surface area (TPSA) is 88.1 Å². The summed E-state index contributed by atoms with van der Waals surface area (Å²) < 4.78 is 7.35. The maximum Gasteiger partial charge on any atom is 0.410 e. The number of nitrogens with one attached hydrogen (secondary N) is 2. The van der Waals surface area contributed by atoms with E-state index in [2.05, 4.69) is 26.4 Å². The number of hydrogen-bond acceptors (Lipinski definition) is 5. The Morgan fingerprint density at radius 2 is 1.91 bits per heavy atom. The van der Waals surface area contributed by atoms with Gasteiger partial charge in [-0.15, -0.1) is 0 Å². The summed E-state index contributed by atoms with van der Waals surface area (Å²) in [6.07, 6.45) is 11.9. The highest BCUT2D eigenvalue weighted by Crippen LogP contribution is 2.46. The predicted molar refractivity (Wildman–Crippen MR) is 139 cm³/mol. The number of likely N-dealkylation sites (tertiary alicyclic amines) is 1. The van der Waals surface area contributed by atoms with Crippen LogP contribution in [0.5, 0.6) is 0 Å². The number of rotatable bonds is 3. The van der Waals surface area contributed by atoms with Crippen LogP contribution in [0.3, 0.4) is 0 Å². The first-order valence-electron chi connectivity index (χ1n) is 12.5. The third-order valence-corrected chi connectivity index (χ3v) is 7.78. The lowest BCUT2D eigenvalue weighted by Gasteiger charge is -2.46. The maximum absolute atomic E-state index is 12.4. The summed E-state index contributed by atoms with van der Waals surface area (Å²) >= 11 is 6.61. The first kappa shape index (κ1) is 24.0. The minimum absolute atomic E-state index is 0.184. The van der Waals surface area contributed by atoms with E-state index in [9.17, 15) is 4.79 Å². The van der Waals surface area contributed by atoms with E-state index in [0.29, 0.717) is 16.5 Å². The normalized spacial score (nSPS) is 18.8. The molecule has 8 nitrogen and oxygen atoms in total. The number of H-pyrrole nitrogens is 1. The summed E-state index contributed by atoms with van der Waals surface area (Å²) in [7, 11) is 1.91. The fourth-order valence-electron chi connectivity index (χ4n) is 5.48. The van der Waals surface area contributed by atoms with Crippen molar-refractivity contribution < 1.29 is 9.53 Å². The van der Waals surface area contributed by atoms with Gasteiger partial charge in [0.05, 0.1) is 28.8 Å². The molecule has 1 aliphatic carbocycles. The summed E-state index contributed by atoms with van der Waals surface area (Å²) in [6.45, 7) is 7.32. The number of carbonyl (C=O) groups is 1. The Balaban J connectivity index is 1.22. The van der Waals surface area contributed by atoms with Crippen molar-refractivity contribution in [2.75, 3.05) is 18.4 Å². The van der Waals surface area contributed by atoms with Gasteiger partial charge in [0, 0.05) is 43.3 Å². The standard InChI is InChI=1S/C26H35ClN6O2/c1-25(2,3)35-24(34)33-11-9-26(10-12-33)7-5-18(6-8-26)30-22-19-13-21(17-14-29-32(4)16-17)31-23(19)28-15-20(22)27/h13-16,18H,5-12H2,1-4H3,(H2,28,30,31). The summed E-state index contributed by atoms with van der Waals surface area (Å²) in [4.78, 5) is 22.2. The van der Waals surface area contributed by atoms with Gasteiger partial charge in [-0.1, -0.05) is 11.6 Å². The van der Waals surface area contributed by atoms with Crippen LogP contribution in [-0.4, -0.2) is 55.5 Å². The zero-order chi connectivity index (χ0) is 24.8. The number of aromatic amines is 1. The molecule has 35 heavy (non-hydrogen) atoms. The van der Waals surface area contributed by atoms with Crippen molar-refractivity contribution in [3.05, 3.63) is 29.7 Å². The largest absolute Gasteiger partial charge is 0.444 e. The van der Waals surface area contributed by atoms with Crippen LogP contribution in [0.2, 0.25) is 5.02 Å². The van der Waals surface area contributed by atoms with Gasteiger partial charge in [0.15, 0.2) is 0 Å². The van der Waals surface area contributed by atoms with Gasteiger partial charge < -0.3 is 19.9 Å². The first-order chi connectivity index (χ1) is 16.6. The highest BCUT2D eigenvalue weighted by molar-refractivity contribution is 6.34. The summed E-state index contributed by atoms with van der Waals surface area (Å²) in [6, 6.07) is 2.47. The number of anilines is 1. The number of amides is 1. The van der Waals surface area contributed by atoms with E-state index >= 15 is 0 Å². The van der Waals surface area contributed by atoms with E-state index in [1.54, 1.807) is 10.9 Å². The van der Waals surface area contributed by atoms with Crippen LogP contribution in [0, 0.1) is 5.41 Å². The molecule has 2 aliphatic rings. The van der Waals surface area contributed by atoms with Crippen molar-refractivity contribution in [2.24, 2.45) is 12.5 Å². The quantitative estimate of drug-likeness (QED) is 0.463. The van der Waals surface area contributed by atoms with Gasteiger partial charge in [-0.2, -0.15) is 5.10 Å². The number of aryl methyl sites for hydroxylation is 1. The van der Waals surface area contributed by atoms with Gasteiger partial charge in [-0.25, -0.2) is 9.78 Å². The molecular weight excluding hydrogens is 464 g/mol. The molecule has 3 aromatic heterocycles. The zero-order valence-electron chi connectivity index (χ0n) is 21.0. The van der Waals surface area contributed by atoms with E-state index in [1.165, 1.54) is 0 Å². The number of ether oxygens (including phenoxy) is 1. The van der Waals surface area contributed by atoms with E-state index in [-0.39, 0.29) is 6.09 Å². The number of halogens is 1. The molecule has 1 spiro atoms. The Morgan fingerprint density at radius 1 is 1.20 bits per heavy atom. The monoisotopic (exact) mass is 498 g/mol. The molecule has 0 radical (unpaired) electrons. The molecular formula is C26H35ClN6O2. The number of piperidine rings is 1. The van der Waals surface area contributed by atoms with Gasteiger partial charge in [0.25, 0.3) is 0 Å². The SMILES string of the molecule is Cn1cc(-c2cc3c(NC4CCC5(CC4)CCN(C(=O)OC(C)(C)C)CC5)c(Cl)cnc3[nH]2)cn1. The molecule has 0 aromatic carbocycles. The third kappa shape index (κ3) is 5.13. The molecule has 1 saturated heterocycles. The number of aromatic nitrogens is 4. The Labute approximate surface area is 211 Å². The molecule has 4 heterocycles. The Morgan fingerprint density at radius 3 is 2.54 bits per heavy atom. The fourth-order valence-corrected chi connectivity index (χ4v) is 5.69. The van der Waals surface area contributed by atoms with E-state index in [4.69, 9.17) is 16.3 Å². The molecule has 1 saturated carbocycles. The lowest BCUT2D eigenvalue weighted by Crippen LogP contribution is -2.47. The van der Waals surface area contributed by atoms with Crippen LogP contribution < -0.4 is 5.32 Å². The first-order valence-corrected chi connectivity index (χ1v) is 12.9. The Bertz CT molecular complexity index is 1210. The molecule has 1 aliphatic heterocycles. The Hall–Kier alpha value is -2.74. The van der Waals surface area contributed by atoms with Crippen LogP contribution in [0.25, 0.3) is 22.3 Å². The number of carbonyl (C=O) groups excluding carboxylic acids is 1. The van der Waals surface area contributed by atoms with Crippen LogP contribution in [-0.2, 0) is 11.8 Å². The van der Waals surface area contributed by atoms with Gasteiger partial charge in [-0.3, -0.25) is 4.68 Å². The second-order valence-electron chi connectivity index (χ2n) is 11.2. The van der Waals surface area contributed by atoms with Crippen molar-refractivity contribution in [2.45, 2.75) is 70.9 Å². The van der Waals surface area contributed by atoms with Gasteiger partial charge >= 0.3 is 6.09 Å². The van der Waals surface area contributed by atoms with Crippen molar-refractivity contribution in [3.63, 3.8) is 0 Å². The number of hydrogen-bond donors (Lipinski definition) is 2. The molecule has 0 bridgehead atoms. The van der Waals surface area contributed by atoms with Crippen LogP contribution in [0.4, 0.5) is 10.5 Å². The number of pyridine rings is 1. The molecule has 9 heteroatoms. The lowest BCUT2D eigenvalue weighted by atomic mass is 9.67. The van der Waals surface area contributed by atoms with Crippen molar-refractivity contribution in [3.8, 4) is 11.3 Å². The second kappa shape index (κ2) is 9.04. The molecule has 0 unspecified atom stereocenters. The van der Waals surface area contributed by atoms with E-state index < -0.39 is 5.60 Å². The maximum atomic E-state index is 12.4. The summed E-state index contributed by atoms with van der Waals surface area (Å²) in [5.74, 6) is 0. The van der Waals surface area contributed by atoms with Crippen LogP contribution in [0.15, 0.2) is 24.7 Å². The number of nitrogens with zero attached hydrogens (tertiary/aromatic N) is 4. The number of fused-ring (bicyclic) bond motifs is 1. The molecule has 0 atom stereocenters. The minimum atomic E-state index is -0.451. The van der Waals surface area contributed by atoms with Gasteiger partial charge in [-0.05, 0) is 70.8 Å². The van der Waals surface area contributed by atoms with Crippen molar-refractivity contribution in [1.29, 1.82) is 0 Å². The molecule has 2 N–H and O–H groups in total. The predicted octanol–water partition coefficient (Wildman–Crippen LogP) is 5.99. The third-order valence-electron chi connectivity index (χ3n) is 7.50. The molecule has 188 valence electrons. The smallest absolute Gasteiger partial charge is 0.410 e. The Kier molecular flexibility index (Phi) is 6.20. The second-order valence-corrected chi connectivity index (χ2v) is 11.6. The average molecular weight is 499 g/mol. The van der Waals surface area contributed by atoms with Gasteiger partial charge in [0.2, 0.25) is 0 Å². The molecule has 2 fully saturated rings. The van der Waals surface area contributed by atoms with E-state index in [1.807, 2.05) is 45.1 Å². The highest BCUT2D eigenvalue weighted by Gasteiger charge is 2.40. The van der Waals surface area contributed by atoms with Crippen molar-refractivity contribution >= 4 is 34.4 Å². The summed E-state index contributed by atoms with van der Waals surface area (Å²) in [5, 5.41) is 9.65. The molecule has 5 rings (SSSR count). The zero-order valence-corrected chi connectivity index (χ0v) is 21.8. The van der Waals surface area contributed by atoms with Gasteiger partial charge in [0.1, 0.15) is 11.2 Å². The lowest BCUT2D eigenvalue weighted by molar-refractivity contribution is 0.00395. The van der Waals surface area contributed by atoms with E-state index in [0.717, 1.165) is 79.6 Å². The molecule has 1 amide bonds. The average Bonchev–Trinajstić information content (AvgIpc) is 3.43. The van der Waals surface area contributed by atoms with Crippen LogP contribution >= 0.6 is 11.6 Å². The summed E-state index contributed by atoms with van der Waals surface area (Å²) in [5.41, 5.74) is 3.64.